The molecule has 0 bridgehead atoms. The molecule has 13 heavy (non-hydrogen) atoms. The van der Waals surface area contributed by atoms with E-state index in [9.17, 15) is 0 Å². The number of rotatable bonds is 0. The van der Waals surface area contributed by atoms with Gasteiger partial charge in [0.1, 0.15) is 0 Å². The van der Waals surface area contributed by atoms with Crippen LogP contribution in [0.1, 0.15) is 44.9 Å². The zero-order valence-electron chi connectivity index (χ0n) is 8.26. The van der Waals surface area contributed by atoms with Gasteiger partial charge in [-0.3, -0.25) is 4.99 Å². The van der Waals surface area contributed by atoms with E-state index >= 15 is 0 Å². The molecule has 2 nitrogen and oxygen atoms in total. The molecule has 0 aliphatic carbocycles. The molecule has 1 aliphatic heterocycles. The Bertz CT molecular complexity index is 157. The van der Waals surface area contributed by atoms with E-state index in [1.807, 2.05) is 0 Å². The Hall–Kier alpha value is -0.180. The molecular weight excluding hydrogens is 180 g/mol. The molecule has 1 rings (SSSR count). The predicted molar refractivity (Wildman–Crippen MR) is 61.6 cm³/mol. The second-order valence-electron chi connectivity index (χ2n) is 3.61. The topological polar surface area (TPSA) is 24.4 Å². The number of nitrogens with zero attached hydrogens (tertiary/aromatic N) is 1. The third-order valence-electron chi connectivity index (χ3n) is 2.38. The SMILES string of the molecule is S/C1=N\CCCCCCCCCN1. The highest BCUT2D eigenvalue weighted by molar-refractivity contribution is 7.96. The monoisotopic (exact) mass is 200 g/mol. The van der Waals surface area contributed by atoms with Crippen molar-refractivity contribution in [3.63, 3.8) is 0 Å². The van der Waals surface area contributed by atoms with E-state index in [2.05, 4.69) is 22.9 Å². The molecule has 0 atom stereocenters. The van der Waals surface area contributed by atoms with E-state index in [1.54, 1.807) is 0 Å². The minimum Gasteiger partial charge on any atom is -0.365 e. The maximum atomic E-state index is 4.33. The average Bonchev–Trinajstić information content (AvgIpc) is 2.11. The lowest BCUT2D eigenvalue weighted by Crippen LogP contribution is -2.20. The van der Waals surface area contributed by atoms with Gasteiger partial charge in [0.05, 0.1) is 0 Å². The molecule has 1 aliphatic rings. The number of aliphatic imine (C=N–C) groups is 1. The molecule has 0 amide bonds. The maximum Gasteiger partial charge on any atom is 0.153 e. The van der Waals surface area contributed by atoms with E-state index in [4.69, 9.17) is 0 Å². The first-order valence-electron chi connectivity index (χ1n) is 5.37. The Morgan fingerprint density at radius 3 is 2.31 bits per heavy atom. The summed E-state index contributed by atoms with van der Waals surface area (Å²) >= 11 is 4.26. The van der Waals surface area contributed by atoms with Gasteiger partial charge in [-0.2, -0.15) is 0 Å². The van der Waals surface area contributed by atoms with Crippen molar-refractivity contribution in [1.29, 1.82) is 0 Å². The fourth-order valence-electron chi connectivity index (χ4n) is 1.56. The molecule has 0 aromatic carbocycles. The van der Waals surface area contributed by atoms with Crippen LogP contribution in [0.3, 0.4) is 0 Å². The van der Waals surface area contributed by atoms with Crippen molar-refractivity contribution in [3.8, 4) is 0 Å². The molecule has 1 heterocycles. The van der Waals surface area contributed by atoms with Gasteiger partial charge in [0, 0.05) is 13.1 Å². The fraction of sp³-hybridized carbons (Fsp3) is 0.900. The average molecular weight is 200 g/mol. The Morgan fingerprint density at radius 1 is 0.923 bits per heavy atom. The summed E-state index contributed by atoms with van der Waals surface area (Å²) in [5, 5.41) is 4.03. The highest BCUT2D eigenvalue weighted by Gasteiger charge is 1.95. The number of nitrogens with one attached hydrogen (secondary N) is 1. The summed E-state index contributed by atoms with van der Waals surface area (Å²) in [6, 6.07) is 0. The predicted octanol–water partition coefficient (Wildman–Crippen LogP) is 2.61. The maximum absolute atomic E-state index is 4.33. The molecule has 0 radical (unpaired) electrons. The van der Waals surface area contributed by atoms with Gasteiger partial charge >= 0.3 is 0 Å². The number of hydrogen-bond acceptors (Lipinski definition) is 2. The molecule has 0 aromatic rings. The van der Waals surface area contributed by atoms with E-state index in [0.717, 1.165) is 18.3 Å². The van der Waals surface area contributed by atoms with Crippen molar-refractivity contribution in [2.45, 2.75) is 44.9 Å². The van der Waals surface area contributed by atoms with Gasteiger partial charge in [-0.05, 0) is 12.8 Å². The van der Waals surface area contributed by atoms with Crippen LogP contribution >= 0.6 is 12.6 Å². The van der Waals surface area contributed by atoms with E-state index in [1.165, 1.54) is 44.9 Å². The summed E-state index contributed by atoms with van der Waals surface area (Å²) < 4.78 is 0. The van der Waals surface area contributed by atoms with Gasteiger partial charge in [0.15, 0.2) is 5.17 Å². The van der Waals surface area contributed by atoms with Gasteiger partial charge in [-0.1, -0.05) is 32.1 Å². The third kappa shape index (κ3) is 5.97. The second kappa shape index (κ2) is 7.25. The van der Waals surface area contributed by atoms with Gasteiger partial charge in [-0.15, -0.1) is 12.6 Å². The van der Waals surface area contributed by atoms with Crippen LogP contribution in [0.2, 0.25) is 0 Å². The molecule has 0 saturated carbocycles. The number of thiol groups is 1. The highest BCUT2D eigenvalue weighted by Crippen LogP contribution is 2.07. The van der Waals surface area contributed by atoms with Crippen molar-refractivity contribution in [1.82, 2.24) is 5.32 Å². The molecule has 76 valence electrons. The van der Waals surface area contributed by atoms with Crippen LogP contribution < -0.4 is 5.32 Å². The Balaban J connectivity index is 2.23. The Labute approximate surface area is 86.6 Å². The van der Waals surface area contributed by atoms with Gasteiger partial charge < -0.3 is 5.32 Å². The first-order chi connectivity index (χ1) is 6.39. The normalized spacial score (nSPS) is 26.1. The summed E-state index contributed by atoms with van der Waals surface area (Å²) in [4.78, 5) is 4.33. The highest BCUT2D eigenvalue weighted by atomic mass is 32.1. The first-order valence-corrected chi connectivity index (χ1v) is 5.81. The molecule has 3 heteroatoms. The third-order valence-corrected chi connectivity index (χ3v) is 2.68. The summed E-state index contributed by atoms with van der Waals surface area (Å²) in [6.07, 6.45) is 9.30. The molecule has 0 spiro atoms. The van der Waals surface area contributed by atoms with Crippen molar-refractivity contribution < 1.29 is 0 Å². The van der Waals surface area contributed by atoms with E-state index in [-0.39, 0.29) is 0 Å². The lowest BCUT2D eigenvalue weighted by atomic mass is 10.1. The van der Waals surface area contributed by atoms with Crippen molar-refractivity contribution in [2.75, 3.05) is 13.1 Å². The quantitative estimate of drug-likeness (QED) is 0.577. The zero-order chi connectivity index (χ0) is 9.36. The molecule has 0 aromatic heterocycles. The standard InChI is InChI=1S/C10H20N2S/c13-10-11-8-6-4-2-1-3-5-7-9-12-10/h1-9H2,(H2,11,12,13). The number of amidine groups is 1. The summed E-state index contributed by atoms with van der Waals surface area (Å²) in [6.45, 7) is 1.97. The summed E-state index contributed by atoms with van der Waals surface area (Å²) in [7, 11) is 0. The second-order valence-corrected chi connectivity index (χ2v) is 4.03. The van der Waals surface area contributed by atoms with E-state index in [0.29, 0.717) is 0 Å². The first kappa shape index (κ1) is 10.9. The Morgan fingerprint density at radius 2 is 1.54 bits per heavy atom. The zero-order valence-corrected chi connectivity index (χ0v) is 9.15. The molecule has 0 fully saturated rings. The van der Waals surface area contributed by atoms with Crippen LogP contribution in [0.5, 0.6) is 0 Å². The van der Waals surface area contributed by atoms with Crippen molar-refractivity contribution in [2.24, 2.45) is 4.99 Å². The number of hydrogen-bond donors (Lipinski definition) is 2. The van der Waals surface area contributed by atoms with Gasteiger partial charge in [-0.25, -0.2) is 0 Å². The summed E-state index contributed by atoms with van der Waals surface area (Å²) in [5.41, 5.74) is 0. The van der Waals surface area contributed by atoms with Crippen LogP contribution in [0.25, 0.3) is 0 Å². The van der Waals surface area contributed by atoms with E-state index < -0.39 is 0 Å². The largest absolute Gasteiger partial charge is 0.365 e. The van der Waals surface area contributed by atoms with Crippen molar-refractivity contribution in [3.05, 3.63) is 0 Å². The fourth-order valence-corrected chi connectivity index (χ4v) is 1.77. The van der Waals surface area contributed by atoms with Crippen LogP contribution in [-0.2, 0) is 0 Å². The molecule has 0 unspecified atom stereocenters. The lowest BCUT2D eigenvalue weighted by molar-refractivity contribution is 0.574. The minimum atomic E-state index is 0.820. The van der Waals surface area contributed by atoms with Crippen molar-refractivity contribution >= 4 is 17.8 Å². The van der Waals surface area contributed by atoms with Gasteiger partial charge in [0.2, 0.25) is 0 Å². The molecular formula is C10H20N2S. The minimum absolute atomic E-state index is 0.820. The van der Waals surface area contributed by atoms with Crippen LogP contribution in [0.15, 0.2) is 4.99 Å². The van der Waals surface area contributed by atoms with Crippen LogP contribution in [-0.4, -0.2) is 18.3 Å². The van der Waals surface area contributed by atoms with Crippen LogP contribution in [0, 0.1) is 0 Å². The summed E-state index contributed by atoms with van der Waals surface area (Å²) in [5.74, 6) is 0. The van der Waals surface area contributed by atoms with Gasteiger partial charge in [0.25, 0.3) is 0 Å². The van der Waals surface area contributed by atoms with Crippen LogP contribution in [0.4, 0.5) is 0 Å². The molecule has 0 saturated heterocycles. The Kier molecular flexibility index (Phi) is 6.07. The molecule has 1 N–H and O–H groups in total. The smallest absolute Gasteiger partial charge is 0.153 e. The lowest BCUT2D eigenvalue weighted by Gasteiger charge is -2.07.